The molecule has 0 aliphatic carbocycles. The second kappa shape index (κ2) is 5.63. The molecule has 0 fully saturated rings. The zero-order valence-electron chi connectivity index (χ0n) is 10.7. The molecule has 1 aromatic heterocycles. The topological polar surface area (TPSA) is 65.5 Å². The molecular formula is C12H19N3O2. The number of carboxylic acid groups (broad SMARTS) is 1. The van der Waals surface area contributed by atoms with Gasteiger partial charge < -0.3 is 15.3 Å². The first-order valence-electron chi connectivity index (χ1n) is 5.52. The number of rotatable bonds is 5. The van der Waals surface area contributed by atoms with Crippen LogP contribution >= 0.6 is 0 Å². The molecule has 1 atom stereocenters. The van der Waals surface area contributed by atoms with Crippen LogP contribution in [0.2, 0.25) is 0 Å². The maximum atomic E-state index is 10.8. The van der Waals surface area contributed by atoms with Crippen LogP contribution in [0.4, 0.5) is 5.82 Å². The number of hydrogen-bond donors (Lipinski definition) is 2. The van der Waals surface area contributed by atoms with Crippen molar-refractivity contribution >= 4 is 11.8 Å². The van der Waals surface area contributed by atoms with E-state index in [2.05, 4.69) is 22.1 Å². The minimum atomic E-state index is -0.942. The number of anilines is 1. The lowest BCUT2D eigenvalue weighted by atomic mass is 10.2. The first kappa shape index (κ1) is 13.4. The second-order valence-corrected chi connectivity index (χ2v) is 4.44. The fraction of sp³-hybridized carbons (Fsp3) is 0.500. The average molecular weight is 237 g/mol. The molecule has 1 aromatic rings. The van der Waals surface area contributed by atoms with E-state index in [-0.39, 0.29) is 11.6 Å². The van der Waals surface area contributed by atoms with Crippen LogP contribution in [0.25, 0.3) is 0 Å². The van der Waals surface area contributed by atoms with Gasteiger partial charge in [0.2, 0.25) is 0 Å². The molecule has 2 N–H and O–H groups in total. The third kappa shape index (κ3) is 4.03. The largest absolute Gasteiger partial charge is 0.478 e. The lowest BCUT2D eigenvalue weighted by Crippen LogP contribution is -2.30. The molecule has 5 nitrogen and oxygen atoms in total. The molecule has 5 heteroatoms. The van der Waals surface area contributed by atoms with Gasteiger partial charge in [0.25, 0.3) is 0 Å². The Kier molecular flexibility index (Phi) is 4.45. The van der Waals surface area contributed by atoms with Gasteiger partial charge in [0, 0.05) is 12.6 Å². The van der Waals surface area contributed by atoms with Gasteiger partial charge in [-0.3, -0.25) is 0 Å². The van der Waals surface area contributed by atoms with E-state index < -0.39 is 5.97 Å². The zero-order chi connectivity index (χ0) is 13.0. The lowest BCUT2D eigenvalue weighted by Gasteiger charge is -2.19. The number of aryl methyl sites for hydroxylation is 1. The van der Waals surface area contributed by atoms with Crippen LogP contribution in [0.3, 0.4) is 0 Å². The molecule has 0 aliphatic rings. The van der Waals surface area contributed by atoms with Crippen LogP contribution in [0.15, 0.2) is 12.1 Å². The van der Waals surface area contributed by atoms with Crippen LogP contribution in [0.5, 0.6) is 0 Å². The van der Waals surface area contributed by atoms with Crippen molar-refractivity contribution in [3.05, 3.63) is 23.4 Å². The summed E-state index contributed by atoms with van der Waals surface area (Å²) >= 11 is 0. The van der Waals surface area contributed by atoms with Gasteiger partial charge in [0.05, 0.1) is 11.3 Å². The summed E-state index contributed by atoms with van der Waals surface area (Å²) in [6.45, 7) is 4.65. The van der Waals surface area contributed by atoms with Gasteiger partial charge in [-0.05, 0) is 40.1 Å². The second-order valence-electron chi connectivity index (χ2n) is 4.44. The van der Waals surface area contributed by atoms with Crippen LogP contribution in [0.1, 0.15) is 23.0 Å². The summed E-state index contributed by atoms with van der Waals surface area (Å²) in [5.41, 5.74) is 0.773. The summed E-state index contributed by atoms with van der Waals surface area (Å²) in [6.07, 6.45) is 0. The smallest absolute Gasteiger partial charge is 0.337 e. The molecule has 0 radical (unpaired) electrons. The van der Waals surface area contributed by atoms with Gasteiger partial charge in [-0.2, -0.15) is 0 Å². The van der Waals surface area contributed by atoms with E-state index in [1.807, 2.05) is 14.1 Å². The van der Waals surface area contributed by atoms with Gasteiger partial charge in [-0.25, -0.2) is 9.78 Å². The summed E-state index contributed by atoms with van der Waals surface area (Å²) in [5, 5.41) is 12.1. The molecule has 0 bridgehead atoms. The molecule has 0 spiro atoms. The zero-order valence-corrected chi connectivity index (χ0v) is 10.7. The van der Waals surface area contributed by atoms with Crippen molar-refractivity contribution in [2.75, 3.05) is 26.0 Å². The summed E-state index contributed by atoms with van der Waals surface area (Å²) in [6, 6.07) is 3.53. The summed E-state index contributed by atoms with van der Waals surface area (Å²) in [4.78, 5) is 17.1. The van der Waals surface area contributed by atoms with E-state index in [1.165, 1.54) is 0 Å². The summed E-state index contributed by atoms with van der Waals surface area (Å²) < 4.78 is 0. The first-order valence-corrected chi connectivity index (χ1v) is 5.52. The van der Waals surface area contributed by atoms with E-state index in [4.69, 9.17) is 5.11 Å². The Labute approximate surface area is 101 Å². The number of likely N-dealkylation sites (N-methyl/N-ethyl adjacent to an activating group) is 1. The van der Waals surface area contributed by atoms with Gasteiger partial charge in [0.1, 0.15) is 5.82 Å². The molecule has 0 saturated carbocycles. The first-order chi connectivity index (χ1) is 7.90. The molecule has 1 heterocycles. The molecule has 17 heavy (non-hydrogen) atoms. The van der Waals surface area contributed by atoms with E-state index in [1.54, 1.807) is 19.1 Å². The number of carbonyl (C=O) groups is 1. The van der Waals surface area contributed by atoms with Crippen LogP contribution in [-0.4, -0.2) is 47.6 Å². The SMILES string of the molecule is Cc1nc(NC(C)CN(C)C)ccc1C(=O)O. The number of aromatic carboxylic acids is 1. The van der Waals surface area contributed by atoms with Crippen molar-refractivity contribution in [1.82, 2.24) is 9.88 Å². The van der Waals surface area contributed by atoms with E-state index in [0.717, 1.165) is 6.54 Å². The third-order valence-corrected chi connectivity index (χ3v) is 2.35. The van der Waals surface area contributed by atoms with Crippen molar-refractivity contribution in [1.29, 1.82) is 0 Å². The number of pyridine rings is 1. The Balaban J connectivity index is 2.74. The number of carboxylic acids is 1. The molecule has 0 amide bonds. The van der Waals surface area contributed by atoms with Gasteiger partial charge in [-0.15, -0.1) is 0 Å². The predicted molar refractivity (Wildman–Crippen MR) is 67.6 cm³/mol. The Bertz CT molecular complexity index is 405. The highest BCUT2D eigenvalue weighted by Crippen LogP contribution is 2.11. The summed E-state index contributed by atoms with van der Waals surface area (Å²) in [5.74, 6) is -0.232. The number of hydrogen-bond acceptors (Lipinski definition) is 4. The summed E-state index contributed by atoms with van der Waals surface area (Å²) in [7, 11) is 4.01. The average Bonchev–Trinajstić information content (AvgIpc) is 2.15. The Morgan fingerprint density at radius 2 is 2.18 bits per heavy atom. The Hall–Kier alpha value is -1.62. The molecular weight excluding hydrogens is 218 g/mol. The molecule has 94 valence electrons. The fourth-order valence-electron chi connectivity index (χ4n) is 1.71. The predicted octanol–water partition coefficient (Wildman–Crippen LogP) is 1.45. The van der Waals surface area contributed by atoms with Crippen molar-refractivity contribution < 1.29 is 9.90 Å². The highest BCUT2D eigenvalue weighted by Gasteiger charge is 2.10. The Morgan fingerprint density at radius 3 is 2.65 bits per heavy atom. The molecule has 1 rings (SSSR count). The van der Waals surface area contributed by atoms with Gasteiger partial charge >= 0.3 is 5.97 Å². The monoisotopic (exact) mass is 237 g/mol. The maximum Gasteiger partial charge on any atom is 0.337 e. The van der Waals surface area contributed by atoms with Crippen molar-refractivity contribution in [2.24, 2.45) is 0 Å². The van der Waals surface area contributed by atoms with E-state index in [9.17, 15) is 4.79 Å². The molecule has 1 unspecified atom stereocenters. The minimum absolute atomic E-state index is 0.246. The quantitative estimate of drug-likeness (QED) is 0.811. The van der Waals surface area contributed by atoms with Gasteiger partial charge in [0.15, 0.2) is 0 Å². The normalized spacial score (nSPS) is 12.5. The highest BCUT2D eigenvalue weighted by molar-refractivity contribution is 5.89. The van der Waals surface area contributed by atoms with Crippen LogP contribution in [0, 0.1) is 6.92 Å². The standard InChI is InChI=1S/C12H19N3O2/c1-8(7-15(3)4)13-11-6-5-10(12(16)17)9(2)14-11/h5-6,8H,7H2,1-4H3,(H,13,14)(H,16,17). The maximum absolute atomic E-state index is 10.8. The van der Waals surface area contributed by atoms with Crippen molar-refractivity contribution in [3.63, 3.8) is 0 Å². The van der Waals surface area contributed by atoms with Crippen molar-refractivity contribution in [2.45, 2.75) is 19.9 Å². The third-order valence-electron chi connectivity index (χ3n) is 2.35. The van der Waals surface area contributed by atoms with E-state index >= 15 is 0 Å². The van der Waals surface area contributed by atoms with Gasteiger partial charge in [-0.1, -0.05) is 0 Å². The Morgan fingerprint density at radius 1 is 1.53 bits per heavy atom. The van der Waals surface area contributed by atoms with E-state index in [0.29, 0.717) is 11.5 Å². The fourth-order valence-corrected chi connectivity index (χ4v) is 1.71. The lowest BCUT2D eigenvalue weighted by molar-refractivity contribution is 0.0695. The molecule has 0 aliphatic heterocycles. The number of nitrogens with one attached hydrogen (secondary N) is 1. The van der Waals surface area contributed by atoms with Crippen molar-refractivity contribution in [3.8, 4) is 0 Å². The number of aromatic nitrogens is 1. The number of nitrogens with zero attached hydrogens (tertiary/aromatic N) is 2. The highest BCUT2D eigenvalue weighted by atomic mass is 16.4. The molecule has 0 aromatic carbocycles. The molecule has 0 saturated heterocycles. The van der Waals surface area contributed by atoms with Crippen LogP contribution in [-0.2, 0) is 0 Å². The van der Waals surface area contributed by atoms with Crippen LogP contribution < -0.4 is 5.32 Å². The minimum Gasteiger partial charge on any atom is -0.478 e.